The summed E-state index contributed by atoms with van der Waals surface area (Å²) in [5.41, 5.74) is 3.80. The lowest BCUT2D eigenvalue weighted by molar-refractivity contribution is 0.0953. The molecular formula is C23H26N2O3. The molecule has 0 saturated heterocycles. The molecule has 0 atom stereocenters. The van der Waals surface area contributed by atoms with Crippen molar-refractivity contribution in [3.05, 3.63) is 64.7 Å². The van der Waals surface area contributed by atoms with Crippen molar-refractivity contribution >= 4 is 17.4 Å². The topological polar surface area (TPSA) is 67.8 Å². The van der Waals surface area contributed by atoms with Crippen LogP contribution in [-0.4, -0.2) is 36.6 Å². The number of amides is 1. The van der Waals surface area contributed by atoms with E-state index in [0.717, 1.165) is 23.4 Å². The summed E-state index contributed by atoms with van der Waals surface area (Å²) in [5, 5.41) is 2.75. The van der Waals surface area contributed by atoms with Crippen LogP contribution in [0.3, 0.4) is 0 Å². The molecule has 3 rings (SSSR count). The summed E-state index contributed by atoms with van der Waals surface area (Å²) in [6.45, 7) is 6.59. The van der Waals surface area contributed by atoms with Crippen LogP contribution in [-0.2, 0) is 6.42 Å². The maximum atomic E-state index is 12.9. The molecule has 0 aromatic heterocycles. The summed E-state index contributed by atoms with van der Waals surface area (Å²) in [5.74, 6) is 0.596. The van der Waals surface area contributed by atoms with Gasteiger partial charge in [0.05, 0.1) is 24.8 Å². The molecule has 2 aromatic rings. The van der Waals surface area contributed by atoms with Crippen LogP contribution >= 0.6 is 0 Å². The highest BCUT2D eigenvalue weighted by Crippen LogP contribution is 2.31. The molecular weight excluding hydrogens is 352 g/mol. The van der Waals surface area contributed by atoms with Crippen molar-refractivity contribution in [3.8, 4) is 5.75 Å². The fourth-order valence-electron chi connectivity index (χ4n) is 3.50. The highest BCUT2D eigenvalue weighted by Gasteiger charge is 2.28. The zero-order valence-corrected chi connectivity index (χ0v) is 16.8. The predicted molar refractivity (Wildman–Crippen MR) is 111 cm³/mol. The molecule has 0 radical (unpaired) electrons. The van der Waals surface area contributed by atoms with Crippen molar-refractivity contribution in [3.63, 3.8) is 0 Å². The number of hydrogen-bond donors (Lipinski definition) is 1. The van der Waals surface area contributed by atoms with Crippen LogP contribution in [0.1, 0.15) is 59.0 Å². The number of hydrogen-bond acceptors (Lipinski definition) is 4. The Morgan fingerprint density at radius 1 is 1.11 bits per heavy atom. The monoisotopic (exact) mass is 378 g/mol. The number of Topliss-reactive ketones (excluding diaryl/α,β-unsaturated/α-hetero) is 1. The summed E-state index contributed by atoms with van der Waals surface area (Å²) in [4.78, 5) is 29.6. The fourth-order valence-corrected chi connectivity index (χ4v) is 3.50. The van der Waals surface area contributed by atoms with Crippen molar-refractivity contribution in [2.24, 2.45) is 4.99 Å². The SMILES string of the molecule is CCNC(=O)c1ccc(C(=O)CC2=NC(C)(C)Cc3ccc(OC)cc32)cc1. The van der Waals surface area contributed by atoms with E-state index in [-0.39, 0.29) is 23.7 Å². The Balaban J connectivity index is 1.85. The van der Waals surface area contributed by atoms with Crippen molar-refractivity contribution in [1.82, 2.24) is 5.32 Å². The zero-order valence-electron chi connectivity index (χ0n) is 16.8. The van der Waals surface area contributed by atoms with Gasteiger partial charge in [0.2, 0.25) is 0 Å². The van der Waals surface area contributed by atoms with Crippen molar-refractivity contribution < 1.29 is 14.3 Å². The second-order valence-corrected chi connectivity index (χ2v) is 7.61. The summed E-state index contributed by atoms with van der Waals surface area (Å²) >= 11 is 0. The second-order valence-electron chi connectivity index (χ2n) is 7.61. The maximum Gasteiger partial charge on any atom is 0.251 e. The van der Waals surface area contributed by atoms with Gasteiger partial charge in [0.1, 0.15) is 5.75 Å². The molecule has 0 unspecified atom stereocenters. The molecule has 0 bridgehead atoms. The number of rotatable bonds is 6. The molecule has 28 heavy (non-hydrogen) atoms. The van der Waals surface area contributed by atoms with E-state index in [4.69, 9.17) is 9.73 Å². The second kappa shape index (κ2) is 7.97. The predicted octanol–water partition coefficient (Wildman–Crippen LogP) is 3.84. The maximum absolute atomic E-state index is 12.9. The normalized spacial score (nSPS) is 14.6. The third-order valence-electron chi connectivity index (χ3n) is 4.82. The molecule has 5 heteroatoms. The number of benzene rings is 2. The van der Waals surface area contributed by atoms with Gasteiger partial charge in [-0.15, -0.1) is 0 Å². The van der Waals surface area contributed by atoms with Crippen molar-refractivity contribution in [1.29, 1.82) is 0 Å². The molecule has 1 amide bonds. The van der Waals surface area contributed by atoms with Crippen LogP contribution in [0.4, 0.5) is 0 Å². The van der Waals surface area contributed by atoms with E-state index in [2.05, 4.69) is 25.2 Å². The average molecular weight is 378 g/mol. The molecule has 146 valence electrons. The third kappa shape index (κ3) is 4.30. The zero-order chi connectivity index (χ0) is 20.3. The van der Waals surface area contributed by atoms with Crippen LogP contribution in [0.25, 0.3) is 0 Å². The van der Waals surface area contributed by atoms with Crippen LogP contribution in [0.15, 0.2) is 47.5 Å². The number of carbonyl (C=O) groups is 2. The van der Waals surface area contributed by atoms with Crippen LogP contribution in [0.2, 0.25) is 0 Å². The van der Waals surface area contributed by atoms with E-state index in [1.807, 2.05) is 19.1 Å². The van der Waals surface area contributed by atoms with Gasteiger partial charge in [-0.05, 0) is 57.0 Å². The number of fused-ring (bicyclic) bond motifs is 1. The minimum atomic E-state index is -0.251. The molecule has 0 saturated carbocycles. The lowest BCUT2D eigenvalue weighted by atomic mass is 9.85. The molecule has 2 aromatic carbocycles. The summed E-state index contributed by atoms with van der Waals surface area (Å²) in [6, 6.07) is 12.7. The molecule has 1 aliphatic heterocycles. The van der Waals surface area contributed by atoms with Gasteiger partial charge >= 0.3 is 0 Å². The first-order chi connectivity index (χ1) is 13.3. The van der Waals surface area contributed by atoms with Gasteiger partial charge in [0.25, 0.3) is 5.91 Å². The van der Waals surface area contributed by atoms with E-state index < -0.39 is 0 Å². The summed E-state index contributed by atoms with van der Waals surface area (Å²) in [6.07, 6.45) is 1.04. The van der Waals surface area contributed by atoms with Gasteiger partial charge in [0.15, 0.2) is 5.78 Å². The van der Waals surface area contributed by atoms with Crippen LogP contribution in [0.5, 0.6) is 5.75 Å². The molecule has 0 spiro atoms. The minimum Gasteiger partial charge on any atom is -0.497 e. The first-order valence-electron chi connectivity index (χ1n) is 9.50. The third-order valence-corrected chi connectivity index (χ3v) is 4.82. The van der Waals surface area contributed by atoms with Gasteiger partial charge in [-0.2, -0.15) is 0 Å². The van der Waals surface area contributed by atoms with Gasteiger partial charge in [-0.3, -0.25) is 14.6 Å². The van der Waals surface area contributed by atoms with E-state index in [1.165, 1.54) is 5.56 Å². The molecule has 0 fully saturated rings. The van der Waals surface area contributed by atoms with Crippen LogP contribution < -0.4 is 10.1 Å². The Kier molecular flexibility index (Phi) is 5.63. The van der Waals surface area contributed by atoms with E-state index >= 15 is 0 Å². The molecule has 1 heterocycles. The van der Waals surface area contributed by atoms with Gasteiger partial charge in [-0.1, -0.05) is 18.2 Å². The fraction of sp³-hybridized carbons (Fsp3) is 0.348. The minimum absolute atomic E-state index is 0.0207. The number of nitrogens with one attached hydrogen (secondary N) is 1. The standard InChI is InChI=1S/C23H26N2O3/c1-5-24-22(27)16-8-6-15(7-9-16)21(26)13-20-19-12-18(28-4)11-10-17(19)14-23(2,3)25-20/h6-12H,5,13-14H2,1-4H3,(H,24,27). The van der Waals surface area contributed by atoms with Gasteiger partial charge in [-0.25, -0.2) is 0 Å². The van der Waals surface area contributed by atoms with Crippen molar-refractivity contribution in [2.45, 2.75) is 39.2 Å². The summed E-state index contributed by atoms with van der Waals surface area (Å²) in [7, 11) is 1.63. The summed E-state index contributed by atoms with van der Waals surface area (Å²) < 4.78 is 5.35. The lowest BCUT2D eigenvalue weighted by Crippen LogP contribution is -2.30. The smallest absolute Gasteiger partial charge is 0.251 e. The Bertz CT molecular complexity index is 927. The first kappa shape index (κ1) is 19.8. The first-order valence-corrected chi connectivity index (χ1v) is 9.50. The van der Waals surface area contributed by atoms with Gasteiger partial charge in [0, 0.05) is 23.2 Å². The number of nitrogens with zero attached hydrogens (tertiary/aromatic N) is 1. The molecule has 0 aliphatic carbocycles. The molecule has 1 N–H and O–H groups in total. The largest absolute Gasteiger partial charge is 0.497 e. The highest BCUT2D eigenvalue weighted by molar-refractivity contribution is 6.17. The quantitative estimate of drug-likeness (QED) is 0.777. The average Bonchev–Trinajstić information content (AvgIpc) is 2.67. The van der Waals surface area contributed by atoms with E-state index in [0.29, 0.717) is 17.7 Å². The molecule has 5 nitrogen and oxygen atoms in total. The highest BCUT2D eigenvalue weighted by atomic mass is 16.5. The van der Waals surface area contributed by atoms with Crippen LogP contribution in [0, 0.1) is 0 Å². The van der Waals surface area contributed by atoms with E-state index in [1.54, 1.807) is 31.4 Å². The number of methoxy groups -OCH3 is 1. The Labute approximate surface area is 165 Å². The lowest BCUT2D eigenvalue weighted by Gasteiger charge is -2.29. The number of aliphatic imine (C=N–C) groups is 1. The number of ketones is 1. The molecule has 1 aliphatic rings. The Morgan fingerprint density at radius 3 is 2.43 bits per heavy atom. The van der Waals surface area contributed by atoms with E-state index in [9.17, 15) is 9.59 Å². The number of carbonyl (C=O) groups excluding carboxylic acids is 2. The Morgan fingerprint density at radius 2 is 1.79 bits per heavy atom. The van der Waals surface area contributed by atoms with Gasteiger partial charge < -0.3 is 10.1 Å². The Hall–Kier alpha value is -2.95. The number of ether oxygens (including phenoxy) is 1. The van der Waals surface area contributed by atoms with Crippen molar-refractivity contribution in [2.75, 3.05) is 13.7 Å².